The number of carbonyl (C=O) groups is 2. The van der Waals surface area contributed by atoms with Gasteiger partial charge in [-0.25, -0.2) is 0 Å². The van der Waals surface area contributed by atoms with Crippen molar-refractivity contribution in [3.05, 3.63) is 88.9 Å². The van der Waals surface area contributed by atoms with Crippen molar-refractivity contribution in [1.82, 2.24) is 4.90 Å². The predicted octanol–water partition coefficient (Wildman–Crippen LogP) is 4.95. The number of carbonyl (C=O) groups excluding carboxylic acids is 2. The van der Waals surface area contributed by atoms with E-state index in [-0.39, 0.29) is 11.8 Å². The first-order valence-corrected chi connectivity index (χ1v) is 11.4. The van der Waals surface area contributed by atoms with Gasteiger partial charge in [-0.3, -0.25) is 9.59 Å². The molecule has 3 aromatic carbocycles. The zero-order chi connectivity index (χ0) is 23.2. The van der Waals surface area contributed by atoms with E-state index in [9.17, 15) is 9.59 Å². The van der Waals surface area contributed by atoms with Crippen LogP contribution in [0.3, 0.4) is 0 Å². The van der Waals surface area contributed by atoms with Gasteiger partial charge in [0.25, 0.3) is 11.8 Å². The molecule has 3 aromatic rings. The molecule has 1 N–H and O–H groups in total. The van der Waals surface area contributed by atoms with Crippen LogP contribution in [0.5, 0.6) is 5.75 Å². The lowest BCUT2D eigenvalue weighted by Crippen LogP contribution is -2.49. The number of piperazine rings is 1. The van der Waals surface area contributed by atoms with Crippen molar-refractivity contribution in [2.24, 2.45) is 0 Å². The predicted molar refractivity (Wildman–Crippen MR) is 132 cm³/mol. The van der Waals surface area contributed by atoms with Gasteiger partial charge in [-0.05, 0) is 49.4 Å². The van der Waals surface area contributed by atoms with Crippen LogP contribution in [0, 0.1) is 0 Å². The van der Waals surface area contributed by atoms with Crippen molar-refractivity contribution in [1.29, 1.82) is 0 Å². The van der Waals surface area contributed by atoms with E-state index < -0.39 is 0 Å². The minimum atomic E-state index is -0.245. The fraction of sp³-hybridized carbons (Fsp3) is 0.231. The van der Waals surface area contributed by atoms with Crippen LogP contribution in [0.2, 0.25) is 5.02 Å². The molecule has 2 amide bonds. The molecule has 1 fully saturated rings. The molecule has 0 radical (unpaired) electrons. The Hall–Kier alpha value is -3.51. The van der Waals surface area contributed by atoms with Crippen molar-refractivity contribution >= 4 is 34.8 Å². The molecule has 7 heteroatoms. The number of nitrogens with zero attached hydrogens (tertiary/aromatic N) is 2. The van der Waals surface area contributed by atoms with Gasteiger partial charge in [0.2, 0.25) is 0 Å². The Bertz CT molecular complexity index is 1130. The molecule has 0 atom stereocenters. The quantitative estimate of drug-likeness (QED) is 0.561. The Morgan fingerprint density at radius 2 is 1.61 bits per heavy atom. The number of para-hydroxylation sites is 2. The highest BCUT2D eigenvalue weighted by atomic mass is 35.5. The molecule has 0 spiro atoms. The molecular weight excluding hydrogens is 438 g/mol. The summed E-state index contributed by atoms with van der Waals surface area (Å²) in [7, 11) is 0. The average molecular weight is 464 g/mol. The molecule has 0 saturated carbocycles. The smallest absolute Gasteiger partial charge is 0.255 e. The summed E-state index contributed by atoms with van der Waals surface area (Å²) in [5.41, 5.74) is 2.80. The molecule has 170 valence electrons. The molecule has 0 unspecified atom stereocenters. The number of hydrogen-bond donors (Lipinski definition) is 1. The van der Waals surface area contributed by atoms with Crippen molar-refractivity contribution in [2.75, 3.05) is 43.0 Å². The van der Waals surface area contributed by atoms with E-state index in [4.69, 9.17) is 16.3 Å². The molecular formula is C26H26ClN3O3. The van der Waals surface area contributed by atoms with E-state index in [0.717, 1.165) is 11.4 Å². The van der Waals surface area contributed by atoms with Gasteiger partial charge in [0.1, 0.15) is 5.75 Å². The van der Waals surface area contributed by atoms with Gasteiger partial charge >= 0.3 is 0 Å². The van der Waals surface area contributed by atoms with Crippen LogP contribution in [-0.2, 0) is 0 Å². The van der Waals surface area contributed by atoms with Gasteiger partial charge in [-0.2, -0.15) is 0 Å². The Balaban J connectivity index is 1.43. The minimum Gasteiger partial charge on any atom is -0.492 e. The van der Waals surface area contributed by atoms with Crippen molar-refractivity contribution in [3.63, 3.8) is 0 Å². The molecule has 33 heavy (non-hydrogen) atoms. The third kappa shape index (κ3) is 5.29. The topological polar surface area (TPSA) is 61.9 Å². The van der Waals surface area contributed by atoms with Gasteiger partial charge in [0.15, 0.2) is 0 Å². The standard InChI is InChI=1S/C26H26ClN3O3/c1-2-33-24-13-12-20(18-21(24)27)25(31)28-22-10-6-7-11-23(22)29-14-16-30(17-15-29)26(32)19-8-4-3-5-9-19/h3-13,18H,2,14-17H2,1H3,(H,28,31). The normalized spacial score (nSPS) is 13.5. The number of halogens is 1. The molecule has 1 saturated heterocycles. The largest absolute Gasteiger partial charge is 0.492 e. The number of ether oxygens (including phenoxy) is 1. The van der Waals surface area contributed by atoms with E-state index in [1.54, 1.807) is 18.2 Å². The highest BCUT2D eigenvalue weighted by Crippen LogP contribution is 2.29. The second-order valence-electron chi connectivity index (χ2n) is 7.69. The summed E-state index contributed by atoms with van der Waals surface area (Å²) in [5, 5.41) is 3.40. The summed E-state index contributed by atoms with van der Waals surface area (Å²) in [6.45, 7) is 4.98. The number of rotatable bonds is 6. The SMILES string of the molecule is CCOc1ccc(C(=O)Nc2ccccc2N2CCN(C(=O)c3ccccc3)CC2)cc1Cl. The van der Waals surface area contributed by atoms with Crippen LogP contribution in [0.15, 0.2) is 72.8 Å². The molecule has 0 bridgehead atoms. The number of hydrogen-bond acceptors (Lipinski definition) is 4. The summed E-state index contributed by atoms with van der Waals surface area (Å²) < 4.78 is 5.44. The monoisotopic (exact) mass is 463 g/mol. The van der Waals surface area contributed by atoms with Gasteiger partial charge in [-0.15, -0.1) is 0 Å². The lowest BCUT2D eigenvalue weighted by Gasteiger charge is -2.37. The first kappa shape index (κ1) is 22.7. The van der Waals surface area contributed by atoms with Crippen LogP contribution in [-0.4, -0.2) is 49.5 Å². The number of benzene rings is 3. The molecule has 1 aliphatic rings. The maximum Gasteiger partial charge on any atom is 0.255 e. The molecule has 0 aromatic heterocycles. The zero-order valence-electron chi connectivity index (χ0n) is 18.5. The van der Waals surface area contributed by atoms with E-state index in [1.165, 1.54) is 0 Å². The van der Waals surface area contributed by atoms with Crippen LogP contribution in [0.1, 0.15) is 27.6 Å². The van der Waals surface area contributed by atoms with E-state index >= 15 is 0 Å². The number of anilines is 2. The van der Waals surface area contributed by atoms with E-state index in [2.05, 4.69) is 10.2 Å². The Kier molecular flexibility index (Phi) is 7.15. The Morgan fingerprint density at radius 1 is 0.909 bits per heavy atom. The zero-order valence-corrected chi connectivity index (χ0v) is 19.2. The Labute approximate surface area is 198 Å². The van der Waals surface area contributed by atoms with Crippen molar-refractivity contribution in [2.45, 2.75) is 6.92 Å². The third-order valence-electron chi connectivity index (χ3n) is 5.57. The first-order valence-electron chi connectivity index (χ1n) is 11.0. The molecule has 0 aliphatic carbocycles. The first-order chi connectivity index (χ1) is 16.1. The lowest BCUT2D eigenvalue weighted by molar-refractivity contribution is 0.0746. The molecule has 6 nitrogen and oxygen atoms in total. The van der Waals surface area contributed by atoms with Gasteiger partial charge in [0.05, 0.1) is 23.0 Å². The Morgan fingerprint density at radius 3 is 2.30 bits per heavy atom. The lowest BCUT2D eigenvalue weighted by atomic mass is 10.1. The highest BCUT2D eigenvalue weighted by Gasteiger charge is 2.24. The molecule has 4 rings (SSSR count). The van der Waals surface area contributed by atoms with Gasteiger partial charge < -0.3 is 19.9 Å². The van der Waals surface area contributed by atoms with E-state index in [1.807, 2.05) is 66.4 Å². The second kappa shape index (κ2) is 10.4. The van der Waals surface area contributed by atoms with Crippen LogP contribution in [0.4, 0.5) is 11.4 Å². The fourth-order valence-electron chi connectivity index (χ4n) is 3.88. The van der Waals surface area contributed by atoms with Crippen LogP contribution >= 0.6 is 11.6 Å². The van der Waals surface area contributed by atoms with Crippen molar-refractivity contribution < 1.29 is 14.3 Å². The fourth-order valence-corrected chi connectivity index (χ4v) is 4.11. The maximum absolute atomic E-state index is 12.9. The number of nitrogens with one attached hydrogen (secondary N) is 1. The van der Waals surface area contributed by atoms with Crippen LogP contribution < -0.4 is 15.0 Å². The third-order valence-corrected chi connectivity index (χ3v) is 5.87. The van der Waals surface area contributed by atoms with Gasteiger partial charge in [0, 0.05) is 37.3 Å². The highest BCUT2D eigenvalue weighted by molar-refractivity contribution is 6.32. The van der Waals surface area contributed by atoms with E-state index in [0.29, 0.717) is 54.7 Å². The summed E-state index contributed by atoms with van der Waals surface area (Å²) >= 11 is 6.25. The second-order valence-corrected chi connectivity index (χ2v) is 8.10. The van der Waals surface area contributed by atoms with Crippen LogP contribution in [0.25, 0.3) is 0 Å². The number of amides is 2. The summed E-state index contributed by atoms with van der Waals surface area (Å²) in [6.07, 6.45) is 0. The summed E-state index contributed by atoms with van der Waals surface area (Å²) in [4.78, 5) is 29.7. The maximum atomic E-state index is 12.9. The van der Waals surface area contributed by atoms with Gasteiger partial charge in [-0.1, -0.05) is 41.9 Å². The van der Waals surface area contributed by atoms with Crippen molar-refractivity contribution in [3.8, 4) is 5.75 Å². The minimum absolute atomic E-state index is 0.0456. The summed E-state index contributed by atoms with van der Waals surface area (Å²) in [5.74, 6) is 0.355. The summed E-state index contributed by atoms with van der Waals surface area (Å²) in [6, 6.07) is 22.0. The molecule has 1 heterocycles. The molecule has 1 aliphatic heterocycles. The average Bonchev–Trinajstić information content (AvgIpc) is 2.86.